The number of esters is 1. The first kappa shape index (κ1) is 17.5. The standard InChI is InChI=1S/C16H17FN6O3/c1-8(2)12(15(24)26-3)19-14-10(17)6-18-13(20-14)9-4-5-11-21-22-16(25)23(11)7-9/h4-8,12H,1-3H3,(H,22,25)(H,18,19,20). The maximum Gasteiger partial charge on any atom is 0.347 e. The van der Waals surface area contributed by atoms with E-state index in [0.29, 0.717) is 11.2 Å². The van der Waals surface area contributed by atoms with E-state index >= 15 is 0 Å². The molecule has 0 aliphatic carbocycles. The Morgan fingerprint density at radius 3 is 2.85 bits per heavy atom. The summed E-state index contributed by atoms with van der Waals surface area (Å²) in [6.45, 7) is 3.60. The lowest BCUT2D eigenvalue weighted by Gasteiger charge is -2.20. The van der Waals surface area contributed by atoms with E-state index in [0.717, 1.165) is 6.20 Å². The molecule has 0 radical (unpaired) electrons. The summed E-state index contributed by atoms with van der Waals surface area (Å²) in [5.41, 5.74) is 0.515. The van der Waals surface area contributed by atoms with Crippen molar-refractivity contribution in [2.45, 2.75) is 19.9 Å². The van der Waals surface area contributed by atoms with Crippen molar-refractivity contribution in [3.63, 3.8) is 0 Å². The van der Waals surface area contributed by atoms with Gasteiger partial charge in [-0.3, -0.25) is 0 Å². The van der Waals surface area contributed by atoms with Gasteiger partial charge in [0.1, 0.15) is 6.04 Å². The number of hydrogen-bond donors (Lipinski definition) is 2. The summed E-state index contributed by atoms with van der Waals surface area (Å²) in [4.78, 5) is 31.7. The first-order chi connectivity index (χ1) is 12.4. The number of ether oxygens (including phenoxy) is 1. The molecule has 0 saturated heterocycles. The van der Waals surface area contributed by atoms with Crippen LogP contribution in [-0.2, 0) is 9.53 Å². The summed E-state index contributed by atoms with van der Waals surface area (Å²) >= 11 is 0. The maximum absolute atomic E-state index is 14.1. The quantitative estimate of drug-likeness (QED) is 0.658. The van der Waals surface area contributed by atoms with Crippen molar-refractivity contribution in [1.29, 1.82) is 0 Å². The Morgan fingerprint density at radius 1 is 1.38 bits per heavy atom. The van der Waals surface area contributed by atoms with Crippen LogP contribution >= 0.6 is 0 Å². The Morgan fingerprint density at radius 2 is 2.15 bits per heavy atom. The second-order valence-corrected chi connectivity index (χ2v) is 5.95. The molecule has 3 aromatic heterocycles. The van der Waals surface area contributed by atoms with Gasteiger partial charge in [-0.15, -0.1) is 0 Å². The van der Waals surface area contributed by atoms with E-state index < -0.39 is 23.5 Å². The van der Waals surface area contributed by atoms with Gasteiger partial charge in [0.2, 0.25) is 0 Å². The molecular weight excluding hydrogens is 343 g/mol. The minimum atomic E-state index is -0.767. The van der Waals surface area contributed by atoms with Crippen LogP contribution in [0.1, 0.15) is 13.8 Å². The van der Waals surface area contributed by atoms with Crippen LogP contribution in [0.5, 0.6) is 0 Å². The van der Waals surface area contributed by atoms with Crippen LogP contribution in [0.15, 0.2) is 29.3 Å². The highest BCUT2D eigenvalue weighted by atomic mass is 19.1. The number of hydrogen-bond acceptors (Lipinski definition) is 7. The molecule has 0 saturated carbocycles. The third kappa shape index (κ3) is 3.25. The van der Waals surface area contributed by atoms with Crippen molar-refractivity contribution >= 4 is 17.4 Å². The van der Waals surface area contributed by atoms with Gasteiger partial charge in [0, 0.05) is 11.8 Å². The molecule has 10 heteroatoms. The smallest absolute Gasteiger partial charge is 0.347 e. The molecule has 0 aliphatic heterocycles. The van der Waals surface area contributed by atoms with Crippen LogP contribution in [0, 0.1) is 11.7 Å². The molecule has 1 atom stereocenters. The van der Waals surface area contributed by atoms with E-state index in [4.69, 9.17) is 4.74 Å². The maximum atomic E-state index is 14.1. The van der Waals surface area contributed by atoms with E-state index in [1.807, 2.05) is 0 Å². The number of aromatic amines is 1. The average molecular weight is 360 g/mol. The topological polar surface area (TPSA) is 114 Å². The van der Waals surface area contributed by atoms with Crippen LogP contribution in [-0.4, -0.2) is 43.7 Å². The summed E-state index contributed by atoms with van der Waals surface area (Å²) in [6.07, 6.45) is 2.50. The van der Waals surface area contributed by atoms with Crippen LogP contribution in [0.3, 0.4) is 0 Å². The Bertz CT molecular complexity index is 1010. The summed E-state index contributed by atoms with van der Waals surface area (Å²) in [5, 5.41) is 8.92. The van der Waals surface area contributed by atoms with Crippen molar-refractivity contribution in [1.82, 2.24) is 24.6 Å². The second-order valence-electron chi connectivity index (χ2n) is 5.95. The third-order valence-electron chi connectivity index (χ3n) is 3.83. The number of aromatic nitrogens is 5. The number of halogens is 1. The molecular formula is C16H17FN6O3. The van der Waals surface area contributed by atoms with E-state index in [-0.39, 0.29) is 17.6 Å². The SMILES string of the molecule is COC(=O)C(Nc1nc(-c2ccc3n[nH]c(=O)n3c2)ncc1F)C(C)C. The minimum Gasteiger partial charge on any atom is -0.467 e. The first-order valence-electron chi connectivity index (χ1n) is 7.84. The number of nitrogens with one attached hydrogen (secondary N) is 2. The molecule has 0 aromatic carbocycles. The molecule has 0 bridgehead atoms. The molecule has 3 aromatic rings. The number of carbonyl (C=O) groups is 1. The monoisotopic (exact) mass is 360 g/mol. The number of fused-ring (bicyclic) bond motifs is 1. The van der Waals surface area contributed by atoms with E-state index in [1.165, 1.54) is 17.7 Å². The largest absolute Gasteiger partial charge is 0.467 e. The zero-order chi connectivity index (χ0) is 18.8. The van der Waals surface area contributed by atoms with Crippen molar-refractivity contribution in [2.75, 3.05) is 12.4 Å². The van der Waals surface area contributed by atoms with Crippen molar-refractivity contribution in [3.8, 4) is 11.4 Å². The molecule has 3 rings (SSSR count). The average Bonchev–Trinajstić information content (AvgIpc) is 3.00. The Hall–Kier alpha value is -3.30. The number of anilines is 1. The van der Waals surface area contributed by atoms with Crippen molar-refractivity contribution in [2.24, 2.45) is 5.92 Å². The number of rotatable bonds is 5. The summed E-state index contributed by atoms with van der Waals surface area (Å²) in [5.74, 6) is -1.31. The van der Waals surface area contributed by atoms with Crippen molar-refractivity contribution in [3.05, 3.63) is 40.8 Å². The highest BCUT2D eigenvalue weighted by Crippen LogP contribution is 2.20. The van der Waals surface area contributed by atoms with Crippen LogP contribution in [0.25, 0.3) is 17.0 Å². The zero-order valence-corrected chi connectivity index (χ0v) is 14.4. The lowest BCUT2D eigenvalue weighted by Crippen LogP contribution is -2.36. The second kappa shape index (κ2) is 6.90. The number of H-pyrrole nitrogens is 1. The molecule has 136 valence electrons. The molecule has 26 heavy (non-hydrogen) atoms. The van der Waals surface area contributed by atoms with E-state index in [9.17, 15) is 14.0 Å². The molecule has 3 heterocycles. The summed E-state index contributed by atoms with van der Waals surface area (Å²) in [7, 11) is 1.26. The van der Waals surface area contributed by atoms with Crippen LogP contribution in [0.2, 0.25) is 0 Å². The predicted octanol–water partition coefficient (Wildman–Crippen LogP) is 1.23. The zero-order valence-electron chi connectivity index (χ0n) is 14.4. The molecule has 0 fully saturated rings. The molecule has 0 spiro atoms. The molecule has 0 aliphatic rings. The number of carbonyl (C=O) groups excluding carboxylic acids is 1. The highest BCUT2D eigenvalue weighted by Gasteiger charge is 2.25. The fourth-order valence-electron chi connectivity index (χ4n) is 2.42. The third-order valence-corrected chi connectivity index (χ3v) is 3.83. The fraction of sp³-hybridized carbons (Fsp3) is 0.312. The molecule has 2 N–H and O–H groups in total. The van der Waals surface area contributed by atoms with Crippen LogP contribution in [0.4, 0.5) is 10.2 Å². The Balaban J connectivity index is 1.99. The lowest BCUT2D eigenvalue weighted by atomic mass is 10.0. The summed E-state index contributed by atoms with van der Waals surface area (Å²) < 4.78 is 20.2. The van der Waals surface area contributed by atoms with E-state index in [2.05, 4.69) is 25.5 Å². The normalized spacial score (nSPS) is 12.3. The van der Waals surface area contributed by atoms with Gasteiger partial charge in [0.15, 0.2) is 23.1 Å². The van der Waals surface area contributed by atoms with Gasteiger partial charge in [0.25, 0.3) is 0 Å². The van der Waals surface area contributed by atoms with Gasteiger partial charge in [0.05, 0.1) is 13.3 Å². The van der Waals surface area contributed by atoms with Gasteiger partial charge in [-0.2, -0.15) is 5.10 Å². The van der Waals surface area contributed by atoms with Gasteiger partial charge in [-0.25, -0.2) is 33.4 Å². The Labute approximate surface area is 147 Å². The van der Waals surface area contributed by atoms with Gasteiger partial charge in [-0.05, 0) is 18.1 Å². The lowest BCUT2D eigenvalue weighted by molar-refractivity contribution is -0.142. The molecule has 1 unspecified atom stereocenters. The first-order valence-corrected chi connectivity index (χ1v) is 7.84. The highest BCUT2D eigenvalue weighted by molar-refractivity contribution is 5.79. The number of nitrogens with zero attached hydrogens (tertiary/aromatic N) is 4. The molecule has 0 amide bonds. The predicted molar refractivity (Wildman–Crippen MR) is 91.1 cm³/mol. The number of methoxy groups -OCH3 is 1. The van der Waals surface area contributed by atoms with E-state index in [1.54, 1.807) is 26.0 Å². The van der Waals surface area contributed by atoms with Gasteiger partial charge < -0.3 is 10.1 Å². The number of pyridine rings is 1. The van der Waals surface area contributed by atoms with Crippen molar-refractivity contribution < 1.29 is 13.9 Å². The fourth-order valence-corrected chi connectivity index (χ4v) is 2.42. The minimum absolute atomic E-state index is 0.126. The van der Waals surface area contributed by atoms with Gasteiger partial charge in [-0.1, -0.05) is 13.8 Å². The summed E-state index contributed by atoms with van der Waals surface area (Å²) in [6, 6.07) is 2.50. The van der Waals surface area contributed by atoms with Crippen LogP contribution < -0.4 is 11.0 Å². The Kier molecular flexibility index (Phi) is 4.65. The molecule has 9 nitrogen and oxygen atoms in total. The van der Waals surface area contributed by atoms with Gasteiger partial charge >= 0.3 is 11.7 Å².